The summed E-state index contributed by atoms with van der Waals surface area (Å²) < 4.78 is 0. The molecule has 6 heteroatoms. The number of carbonyl (C=O) groups is 1. The Balaban J connectivity index is 0.00000147. The topological polar surface area (TPSA) is 58.1 Å². The van der Waals surface area contributed by atoms with E-state index in [0.717, 1.165) is 25.2 Å². The molecule has 20 heavy (non-hydrogen) atoms. The quantitative estimate of drug-likeness (QED) is 0.865. The summed E-state index contributed by atoms with van der Waals surface area (Å²) in [5, 5.41) is 3.33. The number of para-hydroxylation sites is 1. The third kappa shape index (κ3) is 2.73. The normalized spacial score (nSPS) is 18.6. The molecule has 0 aliphatic carbocycles. The summed E-state index contributed by atoms with van der Waals surface area (Å²) in [5.41, 5.74) is 2.08. The molecule has 1 aromatic carbocycles. The second-order valence-electron chi connectivity index (χ2n) is 4.84. The zero-order valence-electron chi connectivity index (χ0n) is 11.2. The first-order valence-corrected chi connectivity index (χ1v) is 6.48. The van der Waals surface area contributed by atoms with Crippen LogP contribution in [-0.2, 0) is 0 Å². The Hall–Kier alpha value is -1.72. The van der Waals surface area contributed by atoms with Gasteiger partial charge in [-0.3, -0.25) is 14.8 Å². The van der Waals surface area contributed by atoms with Crippen LogP contribution in [-0.4, -0.2) is 46.5 Å². The largest absolute Gasteiger partial charge is 0.336 e. The summed E-state index contributed by atoms with van der Waals surface area (Å²) in [5.74, 6) is 0.0412. The number of nitrogens with one attached hydrogen (secondary N) is 1. The van der Waals surface area contributed by atoms with Crippen LogP contribution in [0.2, 0.25) is 0 Å². The minimum Gasteiger partial charge on any atom is -0.336 e. The number of rotatable bonds is 1. The molecule has 0 bridgehead atoms. The number of carbonyl (C=O) groups excluding carboxylic acids is 1. The fraction of sp³-hybridized carbons (Fsp3) is 0.357. The Labute approximate surface area is 123 Å². The summed E-state index contributed by atoms with van der Waals surface area (Å²) >= 11 is 0. The van der Waals surface area contributed by atoms with E-state index in [1.165, 1.54) is 0 Å². The van der Waals surface area contributed by atoms with Crippen LogP contribution in [0.4, 0.5) is 0 Å². The molecule has 2 aromatic rings. The average molecular weight is 293 g/mol. The van der Waals surface area contributed by atoms with Gasteiger partial charge in [0.2, 0.25) is 0 Å². The van der Waals surface area contributed by atoms with Gasteiger partial charge in [0, 0.05) is 38.1 Å². The van der Waals surface area contributed by atoms with Gasteiger partial charge in [0.25, 0.3) is 5.91 Å². The summed E-state index contributed by atoms with van der Waals surface area (Å²) in [4.78, 5) is 23.0. The third-order valence-electron chi connectivity index (χ3n) is 3.39. The van der Waals surface area contributed by atoms with Crippen molar-refractivity contribution in [3.63, 3.8) is 0 Å². The molecule has 0 unspecified atom stereocenters. The molecule has 1 atom stereocenters. The van der Waals surface area contributed by atoms with Crippen LogP contribution in [0.1, 0.15) is 17.3 Å². The first kappa shape index (κ1) is 14.7. The van der Waals surface area contributed by atoms with E-state index < -0.39 is 0 Å². The van der Waals surface area contributed by atoms with Crippen molar-refractivity contribution in [3.8, 4) is 0 Å². The predicted octanol–water partition coefficient (Wildman–Crippen LogP) is 1.49. The van der Waals surface area contributed by atoms with Crippen LogP contribution in [0.5, 0.6) is 0 Å². The van der Waals surface area contributed by atoms with Gasteiger partial charge >= 0.3 is 0 Å². The van der Waals surface area contributed by atoms with E-state index in [2.05, 4.69) is 22.2 Å². The van der Waals surface area contributed by atoms with Crippen molar-refractivity contribution in [2.45, 2.75) is 13.0 Å². The van der Waals surface area contributed by atoms with Gasteiger partial charge in [-0.25, -0.2) is 0 Å². The van der Waals surface area contributed by atoms with Gasteiger partial charge in [-0.2, -0.15) is 0 Å². The molecule has 1 fully saturated rings. The van der Waals surface area contributed by atoms with Gasteiger partial charge in [-0.05, 0) is 19.1 Å². The van der Waals surface area contributed by atoms with Crippen LogP contribution >= 0.6 is 12.4 Å². The van der Waals surface area contributed by atoms with E-state index in [-0.39, 0.29) is 18.3 Å². The number of hydrogen-bond donors (Lipinski definition) is 1. The van der Waals surface area contributed by atoms with E-state index in [4.69, 9.17) is 0 Å². The fourth-order valence-corrected chi connectivity index (χ4v) is 2.45. The zero-order chi connectivity index (χ0) is 13.2. The fourth-order valence-electron chi connectivity index (χ4n) is 2.45. The summed E-state index contributed by atoms with van der Waals surface area (Å²) in [6.45, 7) is 4.39. The Morgan fingerprint density at radius 1 is 1.35 bits per heavy atom. The molecule has 0 saturated carbocycles. The summed E-state index contributed by atoms with van der Waals surface area (Å²) in [7, 11) is 0. The zero-order valence-corrected chi connectivity index (χ0v) is 12.1. The van der Waals surface area contributed by atoms with E-state index >= 15 is 0 Å². The molecule has 1 amide bonds. The van der Waals surface area contributed by atoms with Gasteiger partial charge in [-0.15, -0.1) is 12.4 Å². The van der Waals surface area contributed by atoms with Gasteiger partial charge < -0.3 is 10.2 Å². The summed E-state index contributed by atoms with van der Waals surface area (Å²) in [6, 6.07) is 5.89. The Kier molecular flexibility index (Phi) is 4.52. The lowest BCUT2D eigenvalue weighted by Crippen LogP contribution is -2.51. The van der Waals surface area contributed by atoms with Crippen molar-refractivity contribution in [3.05, 3.63) is 36.2 Å². The Bertz CT molecular complexity index is 614. The monoisotopic (exact) mass is 292 g/mol. The third-order valence-corrected chi connectivity index (χ3v) is 3.39. The van der Waals surface area contributed by atoms with Crippen molar-refractivity contribution in [2.24, 2.45) is 0 Å². The number of amides is 1. The predicted molar refractivity (Wildman–Crippen MR) is 80.2 cm³/mol. The molecular formula is C14H17ClN4O. The van der Waals surface area contributed by atoms with Gasteiger partial charge in [-0.1, -0.05) is 6.07 Å². The van der Waals surface area contributed by atoms with E-state index in [1.807, 2.05) is 23.1 Å². The smallest absolute Gasteiger partial charge is 0.256 e. The number of piperazine rings is 1. The lowest BCUT2D eigenvalue weighted by molar-refractivity contribution is 0.0711. The molecule has 0 radical (unpaired) electrons. The van der Waals surface area contributed by atoms with Crippen LogP contribution in [0, 0.1) is 0 Å². The maximum Gasteiger partial charge on any atom is 0.256 e. The SMILES string of the molecule is C[C@@H]1CN(C(=O)c2cccc3nccnc23)CCN1.Cl. The van der Waals surface area contributed by atoms with E-state index in [0.29, 0.717) is 17.1 Å². The Morgan fingerprint density at radius 3 is 2.95 bits per heavy atom. The minimum atomic E-state index is 0. The van der Waals surface area contributed by atoms with Crippen LogP contribution in [0.3, 0.4) is 0 Å². The second kappa shape index (κ2) is 6.15. The van der Waals surface area contributed by atoms with E-state index in [1.54, 1.807) is 12.4 Å². The summed E-state index contributed by atoms with van der Waals surface area (Å²) in [6.07, 6.45) is 3.27. The van der Waals surface area contributed by atoms with Crippen molar-refractivity contribution in [1.82, 2.24) is 20.2 Å². The highest BCUT2D eigenvalue weighted by Gasteiger charge is 2.23. The molecule has 1 saturated heterocycles. The number of benzene rings is 1. The number of hydrogen-bond acceptors (Lipinski definition) is 4. The number of nitrogens with zero attached hydrogens (tertiary/aromatic N) is 3. The van der Waals surface area contributed by atoms with Crippen LogP contribution in [0.15, 0.2) is 30.6 Å². The standard InChI is InChI=1S/C14H16N4O.ClH/c1-10-9-18(8-7-15-10)14(19)11-3-2-4-12-13(11)17-6-5-16-12;/h2-6,10,15H,7-9H2,1H3;1H/t10-;/m1./s1. The molecule has 106 valence electrons. The molecule has 1 aliphatic heterocycles. The van der Waals surface area contributed by atoms with Gasteiger partial charge in [0.05, 0.1) is 11.1 Å². The first-order chi connectivity index (χ1) is 9.25. The highest BCUT2D eigenvalue weighted by molar-refractivity contribution is 6.04. The molecule has 1 N–H and O–H groups in total. The van der Waals surface area contributed by atoms with Crippen molar-refractivity contribution >= 4 is 29.3 Å². The van der Waals surface area contributed by atoms with Crippen molar-refractivity contribution in [2.75, 3.05) is 19.6 Å². The van der Waals surface area contributed by atoms with Crippen molar-refractivity contribution < 1.29 is 4.79 Å². The number of fused-ring (bicyclic) bond motifs is 1. The average Bonchev–Trinajstić information content (AvgIpc) is 2.46. The second-order valence-corrected chi connectivity index (χ2v) is 4.84. The maximum absolute atomic E-state index is 12.6. The maximum atomic E-state index is 12.6. The van der Waals surface area contributed by atoms with Crippen molar-refractivity contribution in [1.29, 1.82) is 0 Å². The molecule has 2 heterocycles. The van der Waals surface area contributed by atoms with Gasteiger partial charge in [0.15, 0.2) is 0 Å². The highest BCUT2D eigenvalue weighted by Crippen LogP contribution is 2.16. The van der Waals surface area contributed by atoms with Crippen LogP contribution in [0.25, 0.3) is 11.0 Å². The first-order valence-electron chi connectivity index (χ1n) is 6.48. The molecule has 0 spiro atoms. The Morgan fingerprint density at radius 2 is 2.15 bits per heavy atom. The molecular weight excluding hydrogens is 276 g/mol. The minimum absolute atomic E-state index is 0. The number of halogens is 1. The van der Waals surface area contributed by atoms with Crippen LogP contribution < -0.4 is 5.32 Å². The molecule has 1 aliphatic rings. The van der Waals surface area contributed by atoms with Gasteiger partial charge in [0.1, 0.15) is 5.52 Å². The lowest BCUT2D eigenvalue weighted by atomic mass is 10.1. The molecule has 5 nitrogen and oxygen atoms in total. The number of aromatic nitrogens is 2. The molecule has 1 aromatic heterocycles. The molecule has 3 rings (SSSR count). The van der Waals surface area contributed by atoms with E-state index in [9.17, 15) is 4.79 Å². The lowest BCUT2D eigenvalue weighted by Gasteiger charge is -2.32. The highest BCUT2D eigenvalue weighted by atomic mass is 35.5.